The number of benzene rings is 2. The summed E-state index contributed by atoms with van der Waals surface area (Å²) in [5.74, 6) is -0.699. The highest BCUT2D eigenvalue weighted by Gasteiger charge is 2.19. The minimum Gasteiger partial charge on any atom is -0.435 e. The van der Waals surface area contributed by atoms with Crippen molar-refractivity contribution in [2.45, 2.75) is 25.6 Å². The lowest BCUT2D eigenvalue weighted by atomic mass is 9.98. The Balaban J connectivity index is 1.62. The smallest absolute Gasteiger partial charge is 0.387 e. The number of aliphatic hydroxyl groups is 2. The predicted octanol–water partition coefficient (Wildman–Crippen LogP) is 3.06. The van der Waals surface area contributed by atoms with Gasteiger partial charge in [-0.15, -0.1) is 0 Å². The molecule has 0 fully saturated rings. The molecule has 1 heterocycles. The minimum atomic E-state index is -2.87. The molecule has 0 aliphatic rings. The second-order valence-electron chi connectivity index (χ2n) is 7.27. The van der Waals surface area contributed by atoms with E-state index in [4.69, 9.17) is 0 Å². The van der Waals surface area contributed by atoms with Gasteiger partial charge in [0.15, 0.2) is 0 Å². The number of aromatic nitrogens is 2. The largest absolute Gasteiger partial charge is 0.435 e. The summed E-state index contributed by atoms with van der Waals surface area (Å²) in [4.78, 5) is 20.7. The molecule has 0 bridgehead atoms. The van der Waals surface area contributed by atoms with Crippen molar-refractivity contribution < 1.29 is 28.5 Å². The lowest BCUT2D eigenvalue weighted by Gasteiger charge is -2.16. The first kappa shape index (κ1) is 24.0. The number of rotatable bonds is 10. The third kappa shape index (κ3) is 6.93. The molecule has 0 spiro atoms. The molecule has 1 amide bonds. The van der Waals surface area contributed by atoms with Gasteiger partial charge < -0.3 is 25.6 Å². The number of alkyl halides is 2. The van der Waals surface area contributed by atoms with E-state index in [1.165, 1.54) is 12.1 Å². The van der Waals surface area contributed by atoms with Gasteiger partial charge in [-0.2, -0.15) is 8.78 Å². The number of anilines is 2. The van der Waals surface area contributed by atoms with E-state index in [0.29, 0.717) is 22.8 Å². The van der Waals surface area contributed by atoms with Crippen LogP contribution in [0.5, 0.6) is 5.75 Å². The van der Waals surface area contributed by atoms with E-state index >= 15 is 0 Å². The van der Waals surface area contributed by atoms with Crippen LogP contribution in [0.4, 0.5) is 20.4 Å². The topological polar surface area (TPSA) is 117 Å². The van der Waals surface area contributed by atoms with Crippen molar-refractivity contribution in [3.05, 3.63) is 66.5 Å². The molecule has 0 saturated carbocycles. The van der Waals surface area contributed by atoms with Gasteiger partial charge in [-0.25, -0.2) is 9.97 Å². The van der Waals surface area contributed by atoms with E-state index in [1.54, 1.807) is 55.7 Å². The maximum Gasteiger partial charge on any atom is 0.387 e. The van der Waals surface area contributed by atoms with E-state index in [-0.39, 0.29) is 24.8 Å². The Kier molecular flexibility index (Phi) is 8.22. The molecular weight excluding hydrogens is 434 g/mol. The van der Waals surface area contributed by atoms with Gasteiger partial charge in [0, 0.05) is 30.2 Å². The summed E-state index contributed by atoms with van der Waals surface area (Å²) in [5, 5.41) is 24.5. The Hall–Kier alpha value is -3.63. The number of ether oxygens (including phenoxy) is 1. The van der Waals surface area contributed by atoms with Crippen molar-refractivity contribution in [1.29, 1.82) is 0 Å². The number of amides is 1. The molecule has 174 valence electrons. The van der Waals surface area contributed by atoms with Gasteiger partial charge in [0.2, 0.25) is 11.9 Å². The molecule has 0 aliphatic heterocycles. The Morgan fingerprint density at radius 1 is 1.03 bits per heavy atom. The number of carbonyl (C=O) groups excluding carboxylic acids is 1. The van der Waals surface area contributed by atoms with Crippen molar-refractivity contribution in [2.75, 3.05) is 18.5 Å². The number of halogens is 2. The van der Waals surface area contributed by atoms with E-state index in [9.17, 15) is 23.8 Å². The second-order valence-corrected chi connectivity index (χ2v) is 7.27. The number of nitrogens with zero attached hydrogens (tertiary/aromatic N) is 2. The molecule has 33 heavy (non-hydrogen) atoms. The van der Waals surface area contributed by atoms with Crippen LogP contribution >= 0.6 is 0 Å². The molecule has 3 aromatic rings. The fourth-order valence-electron chi connectivity index (χ4n) is 3.01. The number of nitrogens with one attached hydrogen (secondary N) is 2. The van der Waals surface area contributed by atoms with Crippen LogP contribution in [0.15, 0.2) is 60.9 Å². The standard InChI is InChI=1S/C23H24F2N4O4/c1-14(31)10-26-21(32)20(13-30)16-2-6-18(7-3-16)29-23-27-11-17(12-28-23)15-4-8-19(9-5-15)33-22(24)25/h2-9,11-12,14,20,22,30-31H,10,13H2,1H3,(H,26,32)(H,27,28,29)/t14?,20-/m1/s1. The van der Waals surface area contributed by atoms with Crippen molar-refractivity contribution in [3.8, 4) is 16.9 Å². The average Bonchev–Trinajstić information content (AvgIpc) is 2.80. The molecule has 8 nitrogen and oxygen atoms in total. The first-order valence-corrected chi connectivity index (χ1v) is 10.2. The highest BCUT2D eigenvalue weighted by molar-refractivity contribution is 5.84. The maximum atomic E-state index is 12.3. The summed E-state index contributed by atoms with van der Waals surface area (Å²) >= 11 is 0. The molecular formula is C23H24F2N4O4. The fraction of sp³-hybridized carbons (Fsp3) is 0.261. The van der Waals surface area contributed by atoms with Crippen molar-refractivity contribution >= 4 is 17.5 Å². The van der Waals surface area contributed by atoms with Crippen LogP contribution in [0.25, 0.3) is 11.1 Å². The molecule has 2 atom stereocenters. The first-order chi connectivity index (χ1) is 15.9. The summed E-state index contributed by atoms with van der Waals surface area (Å²) in [5.41, 5.74) is 2.76. The molecule has 1 aromatic heterocycles. The van der Waals surface area contributed by atoms with Crippen LogP contribution in [0.2, 0.25) is 0 Å². The minimum absolute atomic E-state index is 0.0697. The zero-order valence-electron chi connectivity index (χ0n) is 17.8. The Morgan fingerprint density at radius 3 is 2.21 bits per heavy atom. The highest BCUT2D eigenvalue weighted by atomic mass is 19.3. The third-order valence-corrected chi connectivity index (χ3v) is 4.70. The van der Waals surface area contributed by atoms with Gasteiger partial charge >= 0.3 is 6.61 Å². The molecule has 0 saturated heterocycles. The molecule has 0 radical (unpaired) electrons. The second kappa shape index (κ2) is 11.3. The van der Waals surface area contributed by atoms with Crippen LogP contribution in [0, 0.1) is 0 Å². The van der Waals surface area contributed by atoms with E-state index in [1.807, 2.05) is 0 Å². The normalized spacial score (nSPS) is 12.8. The molecule has 1 unspecified atom stereocenters. The summed E-state index contributed by atoms with van der Waals surface area (Å²) in [6.07, 6.45) is 2.52. The number of aliphatic hydroxyl groups excluding tert-OH is 2. The fourth-order valence-corrected chi connectivity index (χ4v) is 3.01. The summed E-state index contributed by atoms with van der Waals surface area (Å²) in [6, 6.07) is 13.1. The van der Waals surface area contributed by atoms with Crippen molar-refractivity contribution in [2.24, 2.45) is 0 Å². The lowest BCUT2D eigenvalue weighted by molar-refractivity contribution is -0.123. The lowest BCUT2D eigenvalue weighted by Crippen LogP contribution is -2.35. The van der Waals surface area contributed by atoms with Gasteiger partial charge in [0.05, 0.1) is 18.6 Å². The molecule has 10 heteroatoms. The van der Waals surface area contributed by atoms with Crippen molar-refractivity contribution in [1.82, 2.24) is 15.3 Å². The number of hydrogen-bond donors (Lipinski definition) is 4. The average molecular weight is 458 g/mol. The van der Waals surface area contributed by atoms with Gasteiger partial charge in [0.1, 0.15) is 5.75 Å². The van der Waals surface area contributed by atoms with E-state index in [0.717, 1.165) is 5.56 Å². The van der Waals surface area contributed by atoms with Gasteiger partial charge in [0.25, 0.3) is 0 Å². The molecule has 3 rings (SSSR count). The van der Waals surface area contributed by atoms with Gasteiger partial charge in [-0.3, -0.25) is 4.79 Å². The van der Waals surface area contributed by atoms with Crippen LogP contribution in [-0.4, -0.2) is 52.0 Å². The van der Waals surface area contributed by atoms with Gasteiger partial charge in [-0.05, 0) is 42.3 Å². The van der Waals surface area contributed by atoms with Crippen LogP contribution in [0.3, 0.4) is 0 Å². The molecule has 4 N–H and O–H groups in total. The SMILES string of the molecule is CC(O)CNC(=O)[C@H](CO)c1ccc(Nc2ncc(-c3ccc(OC(F)F)cc3)cn2)cc1. The van der Waals surface area contributed by atoms with Crippen LogP contribution in [0.1, 0.15) is 18.4 Å². The zero-order valence-corrected chi connectivity index (χ0v) is 17.8. The summed E-state index contributed by atoms with van der Waals surface area (Å²) in [7, 11) is 0. The predicted molar refractivity (Wildman–Crippen MR) is 118 cm³/mol. The highest BCUT2D eigenvalue weighted by Crippen LogP contribution is 2.24. The monoisotopic (exact) mass is 458 g/mol. The van der Waals surface area contributed by atoms with Gasteiger partial charge in [-0.1, -0.05) is 24.3 Å². The molecule has 0 aliphatic carbocycles. The number of hydrogen-bond acceptors (Lipinski definition) is 7. The van der Waals surface area contributed by atoms with Crippen LogP contribution in [-0.2, 0) is 4.79 Å². The first-order valence-electron chi connectivity index (χ1n) is 10.2. The Bertz CT molecular complexity index is 1030. The summed E-state index contributed by atoms with van der Waals surface area (Å²) in [6.45, 7) is -1.57. The quantitative estimate of drug-likeness (QED) is 0.369. The van der Waals surface area contributed by atoms with E-state index in [2.05, 4.69) is 25.3 Å². The zero-order chi connectivity index (χ0) is 23.8. The number of carbonyl (C=O) groups is 1. The molecule has 2 aromatic carbocycles. The van der Waals surface area contributed by atoms with E-state index < -0.39 is 18.6 Å². The third-order valence-electron chi connectivity index (χ3n) is 4.70. The maximum absolute atomic E-state index is 12.3. The Morgan fingerprint density at radius 2 is 1.67 bits per heavy atom. The van der Waals surface area contributed by atoms with Crippen molar-refractivity contribution in [3.63, 3.8) is 0 Å². The summed E-state index contributed by atoms with van der Waals surface area (Å²) < 4.78 is 28.8. The Labute approximate surface area is 189 Å². The van der Waals surface area contributed by atoms with Crippen LogP contribution < -0.4 is 15.4 Å².